The van der Waals surface area contributed by atoms with Gasteiger partial charge in [-0.25, -0.2) is 4.79 Å². The van der Waals surface area contributed by atoms with Crippen LogP contribution < -0.4 is 14.8 Å². The van der Waals surface area contributed by atoms with Gasteiger partial charge >= 0.3 is 12.1 Å². The number of carboxylic acid groups (broad SMARTS) is 1. The number of halogens is 3. The van der Waals surface area contributed by atoms with Crippen molar-refractivity contribution in [3.05, 3.63) is 95.6 Å². The Balaban J connectivity index is 1.78. The van der Waals surface area contributed by atoms with Gasteiger partial charge in [0.15, 0.2) is 6.10 Å². The Morgan fingerprint density at radius 3 is 2.12 bits per heavy atom. The van der Waals surface area contributed by atoms with Gasteiger partial charge in [-0.3, -0.25) is 4.79 Å². The van der Waals surface area contributed by atoms with Gasteiger partial charge in [0, 0.05) is 24.1 Å². The van der Waals surface area contributed by atoms with Crippen LogP contribution in [0.15, 0.2) is 78.9 Å². The molecule has 7 nitrogen and oxygen atoms in total. The molecule has 4 rings (SSSR count). The van der Waals surface area contributed by atoms with Crippen LogP contribution in [0, 0.1) is 11.3 Å². The molecule has 230 valence electrons. The number of benzene rings is 3. The minimum absolute atomic E-state index is 0.0523. The Morgan fingerprint density at radius 1 is 0.977 bits per heavy atom. The van der Waals surface area contributed by atoms with Crippen LogP contribution in [0.3, 0.4) is 0 Å². The molecular formula is C33H37F3N2O5. The van der Waals surface area contributed by atoms with Gasteiger partial charge in [0.2, 0.25) is 0 Å². The number of rotatable bonds is 9. The summed E-state index contributed by atoms with van der Waals surface area (Å²) in [5, 5.41) is 14.0. The fraction of sp³-hybridized carbons (Fsp3) is 0.394. The Labute approximate surface area is 249 Å². The number of carbonyl (C=O) groups is 2. The summed E-state index contributed by atoms with van der Waals surface area (Å²) in [6.45, 7) is 7.42. The molecule has 0 bridgehead atoms. The van der Waals surface area contributed by atoms with Crippen molar-refractivity contribution in [1.29, 1.82) is 0 Å². The predicted molar refractivity (Wildman–Crippen MR) is 156 cm³/mol. The van der Waals surface area contributed by atoms with E-state index in [-0.39, 0.29) is 12.3 Å². The van der Waals surface area contributed by atoms with Gasteiger partial charge in [0.05, 0.1) is 18.7 Å². The average molecular weight is 599 g/mol. The first-order chi connectivity index (χ1) is 20.2. The molecule has 0 unspecified atom stereocenters. The van der Waals surface area contributed by atoms with Gasteiger partial charge in [-0.2, -0.15) is 13.2 Å². The molecule has 10 heteroatoms. The number of hydrogen-bond acceptors (Lipinski definition) is 5. The number of carboxylic acids is 1. The molecule has 0 radical (unpaired) electrons. The maximum absolute atomic E-state index is 14.2. The number of hydrogen-bond donors (Lipinski definition) is 2. The second-order valence-electron chi connectivity index (χ2n) is 11.8. The van der Waals surface area contributed by atoms with Crippen molar-refractivity contribution in [3.8, 4) is 11.5 Å². The summed E-state index contributed by atoms with van der Waals surface area (Å²) in [6, 6.07) is 18.7. The minimum atomic E-state index is -4.53. The Bertz CT molecular complexity index is 1410. The highest BCUT2D eigenvalue weighted by molar-refractivity contribution is 5.88. The van der Waals surface area contributed by atoms with Gasteiger partial charge < -0.3 is 24.8 Å². The predicted octanol–water partition coefficient (Wildman–Crippen LogP) is 6.34. The topological polar surface area (TPSA) is 88.1 Å². The van der Waals surface area contributed by atoms with Crippen LogP contribution >= 0.6 is 0 Å². The normalized spacial score (nSPS) is 21.3. The Hall–Kier alpha value is -4.05. The molecule has 1 amide bonds. The number of alkyl halides is 3. The van der Waals surface area contributed by atoms with Crippen molar-refractivity contribution in [1.82, 2.24) is 10.2 Å². The highest BCUT2D eigenvalue weighted by Gasteiger charge is 2.58. The lowest BCUT2D eigenvalue weighted by Gasteiger charge is -2.35. The van der Waals surface area contributed by atoms with Crippen LogP contribution in [0.1, 0.15) is 50.4 Å². The number of ether oxygens (including phenoxy) is 2. The zero-order valence-electron chi connectivity index (χ0n) is 24.8. The summed E-state index contributed by atoms with van der Waals surface area (Å²) < 4.78 is 51.3. The molecule has 0 aliphatic carbocycles. The van der Waals surface area contributed by atoms with E-state index >= 15 is 0 Å². The van der Waals surface area contributed by atoms with Gasteiger partial charge in [0.1, 0.15) is 17.5 Å². The molecule has 0 spiro atoms. The van der Waals surface area contributed by atoms with E-state index in [9.17, 15) is 27.9 Å². The second-order valence-corrected chi connectivity index (χ2v) is 11.8. The summed E-state index contributed by atoms with van der Waals surface area (Å²) in [6.07, 6.45) is -5.53. The first kappa shape index (κ1) is 31.9. The van der Waals surface area contributed by atoms with Crippen LogP contribution in [-0.2, 0) is 22.3 Å². The number of nitrogens with one attached hydrogen (secondary N) is 1. The lowest BCUT2D eigenvalue weighted by Crippen LogP contribution is -2.50. The van der Waals surface area contributed by atoms with Gasteiger partial charge in [-0.05, 0) is 42.2 Å². The zero-order valence-corrected chi connectivity index (χ0v) is 24.8. The SMILES string of the molecule is COc1cc(C(F)(F)F)ccc1CN[C@@H]1[C@@H](C(C)(C)C)[C@H](C(=O)O)N(C(=O)[C@@H](C)Oc2ccccc2)[C@@H]1c1ccccc1. The molecule has 1 fully saturated rings. The first-order valence-electron chi connectivity index (χ1n) is 14.0. The molecule has 1 heterocycles. The second kappa shape index (κ2) is 12.7. The molecule has 0 aromatic heterocycles. The van der Waals surface area contributed by atoms with Crippen molar-refractivity contribution in [2.45, 2.75) is 64.6 Å². The number of amides is 1. The zero-order chi connectivity index (χ0) is 31.5. The average Bonchev–Trinajstić information content (AvgIpc) is 3.32. The van der Waals surface area contributed by atoms with Crippen molar-refractivity contribution in [2.75, 3.05) is 7.11 Å². The summed E-state index contributed by atoms with van der Waals surface area (Å²) in [7, 11) is 1.30. The lowest BCUT2D eigenvalue weighted by molar-refractivity contribution is -0.155. The summed E-state index contributed by atoms with van der Waals surface area (Å²) in [5.74, 6) is -1.71. The summed E-state index contributed by atoms with van der Waals surface area (Å²) in [4.78, 5) is 28.6. The number of carbonyl (C=O) groups excluding carboxylic acids is 1. The smallest absolute Gasteiger partial charge is 0.416 e. The summed E-state index contributed by atoms with van der Waals surface area (Å²) >= 11 is 0. The fourth-order valence-electron chi connectivity index (χ4n) is 5.99. The quantitative estimate of drug-likeness (QED) is 0.299. The monoisotopic (exact) mass is 598 g/mol. The fourth-order valence-corrected chi connectivity index (χ4v) is 5.99. The number of aliphatic carboxylic acids is 1. The number of para-hydroxylation sites is 1. The molecule has 0 saturated carbocycles. The first-order valence-corrected chi connectivity index (χ1v) is 14.0. The van der Waals surface area contributed by atoms with Gasteiger partial charge in [-0.1, -0.05) is 75.4 Å². The van der Waals surface area contributed by atoms with Crippen molar-refractivity contribution in [2.24, 2.45) is 11.3 Å². The Morgan fingerprint density at radius 2 is 1.58 bits per heavy atom. The van der Waals surface area contributed by atoms with E-state index in [0.717, 1.165) is 17.7 Å². The molecule has 1 aliphatic rings. The molecule has 1 aliphatic heterocycles. The molecule has 2 N–H and O–H groups in total. The van der Waals surface area contributed by atoms with Gasteiger partial charge in [-0.15, -0.1) is 0 Å². The molecule has 5 atom stereocenters. The number of methoxy groups -OCH3 is 1. The standard InChI is InChI=1S/C33H37F3N2O5/c1-20(43-24-14-10-7-11-15-24)30(39)38-28(21-12-8-6-9-13-21)27(26(32(2,3)4)29(38)31(40)41)37-19-22-16-17-23(33(34,35)36)18-25(22)42-5/h6-18,20,26-29,37H,19H2,1-5H3,(H,40,41)/t20-,26-,27-,28-,29-/m1/s1. The van der Waals surface area contributed by atoms with E-state index in [1.54, 1.807) is 31.2 Å². The van der Waals surface area contributed by atoms with Crippen LogP contribution in [0.5, 0.6) is 11.5 Å². The Kier molecular flexibility index (Phi) is 9.39. The highest BCUT2D eigenvalue weighted by atomic mass is 19.4. The molecule has 1 saturated heterocycles. The largest absolute Gasteiger partial charge is 0.496 e. The molecule has 43 heavy (non-hydrogen) atoms. The van der Waals surface area contributed by atoms with E-state index in [1.807, 2.05) is 57.2 Å². The van der Waals surface area contributed by atoms with E-state index in [1.165, 1.54) is 18.1 Å². The van der Waals surface area contributed by atoms with E-state index in [4.69, 9.17) is 9.47 Å². The maximum Gasteiger partial charge on any atom is 0.416 e. The van der Waals surface area contributed by atoms with E-state index in [2.05, 4.69) is 5.32 Å². The third-order valence-electron chi connectivity index (χ3n) is 7.86. The maximum atomic E-state index is 14.2. The third kappa shape index (κ3) is 6.96. The summed E-state index contributed by atoms with van der Waals surface area (Å²) in [5.41, 5.74) is -0.250. The number of likely N-dealkylation sites (tertiary alicyclic amines) is 1. The molecular weight excluding hydrogens is 561 g/mol. The van der Waals surface area contributed by atoms with E-state index in [0.29, 0.717) is 11.3 Å². The third-order valence-corrected chi connectivity index (χ3v) is 7.86. The van der Waals surface area contributed by atoms with Crippen LogP contribution in [0.25, 0.3) is 0 Å². The number of nitrogens with zero attached hydrogens (tertiary/aromatic N) is 1. The lowest BCUT2D eigenvalue weighted by atomic mass is 9.72. The van der Waals surface area contributed by atoms with Crippen molar-refractivity contribution >= 4 is 11.9 Å². The van der Waals surface area contributed by atoms with Crippen molar-refractivity contribution in [3.63, 3.8) is 0 Å². The minimum Gasteiger partial charge on any atom is -0.496 e. The molecule has 3 aromatic rings. The van der Waals surface area contributed by atoms with Crippen LogP contribution in [0.2, 0.25) is 0 Å². The van der Waals surface area contributed by atoms with Gasteiger partial charge in [0.25, 0.3) is 5.91 Å². The van der Waals surface area contributed by atoms with Crippen molar-refractivity contribution < 1.29 is 37.3 Å². The highest BCUT2D eigenvalue weighted by Crippen LogP contribution is 2.48. The van der Waals surface area contributed by atoms with E-state index < -0.39 is 59.2 Å². The van der Waals surface area contributed by atoms with Crippen LogP contribution in [-0.4, -0.2) is 47.2 Å². The molecule has 3 aromatic carbocycles. The van der Waals surface area contributed by atoms with Crippen LogP contribution in [0.4, 0.5) is 13.2 Å².